The Balaban J connectivity index is 1.35. The van der Waals surface area contributed by atoms with Crippen LogP contribution in [0.1, 0.15) is 16.3 Å². The molecular formula is C22H24ClN3O2S. The second-order valence-electron chi connectivity index (χ2n) is 6.73. The number of hydrogen-bond acceptors (Lipinski definition) is 5. The van der Waals surface area contributed by atoms with Gasteiger partial charge in [-0.25, -0.2) is 4.98 Å². The van der Waals surface area contributed by atoms with Crippen LogP contribution in [0.3, 0.4) is 0 Å². The Morgan fingerprint density at radius 1 is 1.17 bits per heavy atom. The van der Waals surface area contributed by atoms with E-state index >= 15 is 0 Å². The predicted molar refractivity (Wildman–Crippen MR) is 117 cm³/mol. The molecule has 0 saturated heterocycles. The largest absolute Gasteiger partial charge is 0.486 e. The highest BCUT2D eigenvalue weighted by atomic mass is 35.5. The predicted octanol–water partition coefficient (Wildman–Crippen LogP) is 4.17. The molecule has 0 radical (unpaired) electrons. The monoisotopic (exact) mass is 429 g/mol. The molecule has 0 atom stereocenters. The Morgan fingerprint density at radius 3 is 2.69 bits per heavy atom. The number of thiazole rings is 1. The Hall–Kier alpha value is -2.41. The lowest BCUT2D eigenvalue weighted by atomic mass is 10.2. The van der Waals surface area contributed by atoms with Gasteiger partial charge in [0.1, 0.15) is 17.4 Å². The van der Waals surface area contributed by atoms with Gasteiger partial charge in [0.05, 0.1) is 12.1 Å². The summed E-state index contributed by atoms with van der Waals surface area (Å²) in [7, 11) is 2.05. The molecule has 0 unspecified atom stereocenters. The maximum absolute atomic E-state index is 12.2. The summed E-state index contributed by atoms with van der Waals surface area (Å²) in [6, 6.07) is 17.5. The smallest absolute Gasteiger partial charge is 0.226 e. The Morgan fingerprint density at radius 2 is 1.93 bits per heavy atom. The normalized spacial score (nSPS) is 10.9. The van der Waals surface area contributed by atoms with Crippen molar-refractivity contribution in [1.29, 1.82) is 0 Å². The SMILES string of the molecule is CN(CCNC(=O)Cc1csc(COc2ccc(Cl)cc2)n1)Cc1ccccc1. The van der Waals surface area contributed by atoms with Gasteiger partial charge in [-0.1, -0.05) is 41.9 Å². The summed E-state index contributed by atoms with van der Waals surface area (Å²) < 4.78 is 5.69. The van der Waals surface area contributed by atoms with Crippen LogP contribution in [0.25, 0.3) is 0 Å². The van der Waals surface area contributed by atoms with Gasteiger partial charge in [0.2, 0.25) is 5.91 Å². The highest BCUT2D eigenvalue weighted by molar-refractivity contribution is 7.09. The lowest BCUT2D eigenvalue weighted by molar-refractivity contribution is -0.120. The highest BCUT2D eigenvalue weighted by Crippen LogP contribution is 2.18. The number of nitrogens with one attached hydrogen (secondary N) is 1. The number of carbonyl (C=O) groups excluding carboxylic acids is 1. The molecular weight excluding hydrogens is 406 g/mol. The van der Waals surface area contributed by atoms with E-state index in [4.69, 9.17) is 16.3 Å². The van der Waals surface area contributed by atoms with Gasteiger partial charge in [-0.2, -0.15) is 0 Å². The third kappa shape index (κ3) is 7.49. The van der Waals surface area contributed by atoms with Crippen molar-refractivity contribution in [2.24, 2.45) is 0 Å². The van der Waals surface area contributed by atoms with Gasteiger partial charge in [-0.05, 0) is 36.9 Å². The fourth-order valence-electron chi connectivity index (χ4n) is 2.76. The van der Waals surface area contributed by atoms with Crippen LogP contribution in [-0.2, 0) is 24.4 Å². The van der Waals surface area contributed by atoms with Crippen LogP contribution in [0.15, 0.2) is 60.0 Å². The first-order valence-electron chi connectivity index (χ1n) is 9.39. The van der Waals surface area contributed by atoms with Crippen molar-refractivity contribution in [2.45, 2.75) is 19.6 Å². The summed E-state index contributed by atoms with van der Waals surface area (Å²) in [6.45, 7) is 2.63. The zero-order chi connectivity index (χ0) is 20.5. The lowest BCUT2D eigenvalue weighted by Gasteiger charge is -2.16. The first-order chi connectivity index (χ1) is 14.1. The molecule has 1 aromatic heterocycles. The van der Waals surface area contributed by atoms with Gasteiger partial charge in [0.15, 0.2) is 0 Å². The molecule has 3 rings (SSSR count). The fraction of sp³-hybridized carbons (Fsp3) is 0.273. The summed E-state index contributed by atoms with van der Waals surface area (Å²) in [5.74, 6) is 0.720. The first-order valence-corrected chi connectivity index (χ1v) is 10.6. The average molecular weight is 430 g/mol. The lowest BCUT2D eigenvalue weighted by Crippen LogP contribution is -2.33. The van der Waals surface area contributed by atoms with Gasteiger partial charge in [-0.3, -0.25) is 4.79 Å². The molecule has 0 fully saturated rings. The minimum atomic E-state index is -0.0198. The molecule has 0 bridgehead atoms. The van der Waals surface area contributed by atoms with Crippen LogP contribution in [-0.4, -0.2) is 35.9 Å². The van der Waals surface area contributed by atoms with Crippen LogP contribution >= 0.6 is 22.9 Å². The number of hydrogen-bond donors (Lipinski definition) is 1. The van der Waals surface area contributed by atoms with Crippen LogP contribution in [0.2, 0.25) is 5.02 Å². The molecule has 1 amide bonds. The van der Waals surface area contributed by atoms with Crippen molar-refractivity contribution in [3.05, 3.63) is 81.3 Å². The number of carbonyl (C=O) groups is 1. The Kier molecular flexibility index (Phi) is 8.04. The molecule has 1 heterocycles. The third-order valence-corrected chi connectivity index (χ3v) is 5.35. The number of nitrogens with zero attached hydrogens (tertiary/aromatic N) is 2. The number of rotatable bonds is 10. The number of aromatic nitrogens is 1. The van der Waals surface area contributed by atoms with Crippen molar-refractivity contribution < 1.29 is 9.53 Å². The quantitative estimate of drug-likeness (QED) is 0.525. The number of benzene rings is 2. The van der Waals surface area contributed by atoms with E-state index in [-0.39, 0.29) is 12.3 Å². The van der Waals surface area contributed by atoms with Gasteiger partial charge >= 0.3 is 0 Å². The van der Waals surface area contributed by atoms with E-state index in [2.05, 4.69) is 27.3 Å². The highest BCUT2D eigenvalue weighted by Gasteiger charge is 2.09. The average Bonchev–Trinajstić information content (AvgIpc) is 3.15. The molecule has 0 saturated carbocycles. The second-order valence-corrected chi connectivity index (χ2v) is 8.10. The molecule has 5 nitrogen and oxygen atoms in total. The van der Waals surface area contributed by atoms with Gasteiger partial charge in [0.25, 0.3) is 0 Å². The molecule has 152 valence electrons. The van der Waals surface area contributed by atoms with Gasteiger partial charge in [-0.15, -0.1) is 11.3 Å². The topological polar surface area (TPSA) is 54.5 Å². The van der Waals surface area contributed by atoms with Crippen LogP contribution < -0.4 is 10.1 Å². The molecule has 0 aliphatic carbocycles. The molecule has 29 heavy (non-hydrogen) atoms. The summed E-state index contributed by atoms with van der Waals surface area (Å²) >= 11 is 7.36. The summed E-state index contributed by atoms with van der Waals surface area (Å²) in [6.07, 6.45) is 0.278. The van der Waals surface area contributed by atoms with E-state index < -0.39 is 0 Å². The number of likely N-dealkylation sites (N-methyl/N-ethyl adjacent to an activating group) is 1. The van der Waals surface area contributed by atoms with E-state index in [1.165, 1.54) is 16.9 Å². The molecule has 2 aromatic carbocycles. The van der Waals surface area contributed by atoms with E-state index in [0.29, 0.717) is 18.2 Å². The molecule has 1 N–H and O–H groups in total. The van der Waals surface area contributed by atoms with Crippen molar-refractivity contribution >= 4 is 28.8 Å². The zero-order valence-corrected chi connectivity index (χ0v) is 17.9. The Labute approximate surface area is 180 Å². The van der Waals surface area contributed by atoms with Crippen molar-refractivity contribution in [1.82, 2.24) is 15.2 Å². The maximum Gasteiger partial charge on any atom is 0.226 e. The number of amides is 1. The third-order valence-electron chi connectivity index (χ3n) is 4.23. The van der Waals surface area contributed by atoms with Crippen LogP contribution in [0.5, 0.6) is 5.75 Å². The maximum atomic E-state index is 12.2. The van der Waals surface area contributed by atoms with Gasteiger partial charge in [0, 0.05) is 30.0 Å². The zero-order valence-electron chi connectivity index (χ0n) is 16.3. The summed E-state index contributed by atoms with van der Waals surface area (Å²) in [5.41, 5.74) is 2.02. The minimum Gasteiger partial charge on any atom is -0.486 e. The standard InChI is InChI=1S/C22H24ClN3O2S/c1-26(14-17-5-3-2-4-6-17)12-11-24-21(27)13-19-16-29-22(25-19)15-28-20-9-7-18(23)8-10-20/h2-10,16H,11-15H2,1H3,(H,24,27). The Bertz CT molecular complexity index is 900. The summed E-state index contributed by atoms with van der Waals surface area (Å²) in [5, 5.41) is 6.38. The van der Waals surface area contributed by atoms with Gasteiger partial charge < -0.3 is 15.0 Å². The van der Waals surface area contributed by atoms with Crippen LogP contribution in [0, 0.1) is 0 Å². The second kappa shape index (κ2) is 11.0. The van der Waals surface area contributed by atoms with E-state index in [9.17, 15) is 4.79 Å². The van der Waals surface area contributed by atoms with E-state index in [1.54, 1.807) is 12.1 Å². The molecule has 3 aromatic rings. The van der Waals surface area contributed by atoms with E-state index in [1.807, 2.05) is 42.8 Å². The first kappa shape index (κ1) is 21.3. The van der Waals surface area contributed by atoms with E-state index in [0.717, 1.165) is 29.5 Å². The molecule has 0 spiro atoms. The van der Waals surface area contributed by atoms with Crippen molar-refractivity contribution in [3.8, 4) is 5.75 Å². The van der Waals surface area contributed by atoms with Crippen molar-refractivity contribution in [2.75, 3.05) is 20.1 Å². The number of halogens is 1. The molecule has 0 aliphatic rings. The van der Waals surface area contributed by atoms with Crippen LogP contribution in [0.4, 0.5) is 0 Å². The fourth-order valence-corrected chi connectivity index (χ4v) is 3.59. The van der Waals surface area contributed by atoms with Crippen molar-refractivity contribution in [3.63, 3.8) is 0 Å². The summed E-state index contributed by atoms with van der Waals surface area (Å²) in [4.78, 5) is 18.8. The molecule has 7 heteroatoms. The molecule has 0 aliphatic heterocycles. The minimum absolute atomic E-state index is 0.0198. The number of ether oxygens (including phenoxy) is 1.